The summed E-state index contributed by atoms with van der Waals surface area (Å²) in [6.45, 7) is 0. The molecule has 2 aromatic heterocycles. The van der Waals surface area contributed by atoms with Gasteiger partial charge in [-0.05, 0) is 24.3 Å². The predicted octanol–water partition coefficient (Wildman–Crippen LogP) is 4.83. The van der Waals surface area contributed by atoms with Crippen molar-refractivity contribution in [1.82, 2.24) is 9.55 Å². The second kappa shape index (κ2) is 4.36. The lowest BCUT2D eigenvalue weighted by Gasteiger charge is -2.06. The van der Waals surface area contributed by atoms with Crippen LogP contribution in [0.1, 0.15) is 0 Å². The summed E-state index contributed by atoms with van der Waals surface area (Å²) in [5, 5.41) is 2.96. The van der Waals surface area contributed by atoms with Crippen molar-refractivity contribution < 1.29 is 0 Å². The highest BCUT2D eigenvalue weighted by Crippen LogP contribution is 2.31. The van der Waals surface area contributed by atoms with Gasteiger partial charge in [0.1, 0.15) is 11.0 Å². The maximum atomic E-state index is 6.04. The predicted molar refractivity (Wildman–Crippen MR) is 83.6 cm³/mol. The number of hydrogen-bond donors (Lipinski definition) is 0. The van der Waals surface area contributed by atoms with E-state index in [1.807, 2.05) is 24.3 Å². The lowest BCUT2D eigenvalue weighted by atomic mass is 10.2. The van der Waals surface area contributed by atoms with Crippen LogP contribution in [0.4, 0.5) is 0 Å². The number of para-hydroxylation sites is 2. The molecule has 0 aliphatic rings. The third kappa shape index (κ3) is 1.62. The van der Waals surface area contributed by atoms with E-state index in [0.717, 1.165) is 16.9 Å². The second-order valence-corrected chi connectivity index (χ2v) is 5.08. The van der Waals surface area contributed by atoms with Gasteiger partial charge in [0.25, 0.3) is 0 Å². The Hall–Kier alpha value is -2.32. The SMILES string of the molecule is Clc1cccc(-n2c3ccccc3c3ccccc32)n1. The van der Waals surface area contributed by atoms with E-state index in [0.29, 0.717) is 5.15 Å². The molecule has 0 aliphatic carbocycles. The topological polar surface area (TPSA) is 17.8 Å². The van der Waals surface area contributed by atoms with Crippen molar-refractivity contribution in [2.75, 3.05) is 0 Å². The molecular weight excluding hydrogens is 268 g/mol. The zero-order chi connectivity index (χ0) is 13.5. The van der Waals surface area contributed by atoms with Crippen LogP contribution in [0.2, 0.25) is 5.15 Å². The largest absolute Gasteiger partial charge is 0.294 e. The van der Waals surface area contributed by atoms with Crippen LogP contribution < -0.4 is 0 Å². The standard InChI is InChI=1S/C17H11ClN2/c18-16-10-5-11-17(19-16)20-14-8-3-1-6-12(14)13-7-2-4-9-15(13)20/h1-11H. The van der Waals surface area contributed by atoms with Crippen molar-refractivity contribution in [3.8, 4) is 5.82 Å². The number of pyridine rings is 1. The van der Waals surface area contributed by atoms with Crippen molar-refractivity contribution in [3.05, 3.63) is 71.9 Å². The molecule has 4 rings (SSSR count). The van der Waals surface area contributed by atoms with Gasteiger partial charge in [-0.1, -0.05) is 54.1 Å². The van der Waals surface area contributed by atoms with Crippen molar-refractivity contribution in [2.24, 2.45) is 0 Å². The van der Waals surface area contributed by atoms with Gasteiger partial charge in [-0.3, -0.25) is 4.57 Å². The molecule has 0 bridgehead atoms. The molecule has 0 radical (unpaired) electrons. The molecule has 0 spiro atoms. The Bertz CT molecular complexity index is 871. The first-order valence-electron chi connectivity index (χ1n) is 6.46. The molecule has 0 saturated carbocycles. The Morgan fingerprint density at radius 3 is 1.90 bits per heavy atom. The van der Waals surface area contributed by atoms with Crippen molar-refractivity contribution in [3.63, 3.8) is 0 Å². The normalized spacial score (nSPS) is 11.2. The summed E-state index contributed by atoms with van der Waals surface area (Å²) in [5.74, 6) is 0.843. The van der Waals surface area contributed by atoms with Crippen LogP contribution in [0.5, 0.6) is 0 Å². The van der Waals surface area contributed by atoms with E-state index in [1.165, 1.54) is 10.8 Å². The average molecular weight is 279 g/mol. The van der Waals surface area contributed by atoms with Crippen LogP contribution in [-0.2, 0) is 0 Å². The number of fused-ring (bicyclic) bond motifs is 3. The molecule has 0 fully saturated rings. The molecule has 2 nitrogen and oxygen atoms in total. The number of rotatable bonds is 1. The average Bonchev–Trinajstić information content (AvgIpc) is 2.82. The summed E-state index contributed by atoms with van der Waals surface area (Å²) in [7, 11) is 0. The first-order valence-corrected chi connectivity index (χ1v) is 6.83. The van der Waals surface area contributed by atoms with Crippen LogP contribution in [0.25, 0.3) is 27.6 Å². The van der Waals surface area contributed by atoms with Crippen LogP contribution >= 0.6 is 11.6 Å². The van der Waals surface area contributed by atoms with Gasteiger partial charge >= 0.3 is 0 Å². The quantitative estimate of drug-likeness (QED) is 0.456. The molecule has 0 unspecified atom stereocenters. The minimum absolute atomic E-state index is 0.504. The second-order valence-electron chi connectivity index (χ2n) is 4.69. The number of aromatic nitrogens is 2. The van der Waals surface area contributed by atoms with Crippen molar-refractivity contribution in [1.29, 1.82) is 0 Å². The van der Waals surface area contributed by atoms with Gasteiger partial charge in [0.2, 0.25) is 0 Å². The third-order valence-electron chi connectivity index (χ3n) is 3.51. The molecule has 96 valence electrons. The smallest absolute Gasteiger partial charge is 0.139 e. The van der Waals surface area contributed by atoms with Gasteiger partial charge in [0, 0.05) is 10.8 Å². The molecule has 0 atom stereocenters. The third-order valence-corrected chi connectivity index (χ3v) is 3.72. The Labute approximate surface area is 121 Å². The first-order chi connectivity index (χ1) is 9.84. The minimum atomic E-state index is 0.504. The van der Waals surface area contributed by atoms with Crippen LogP contribution in [0.3, 0.4) is 0 Å². The fourth-order valence-corrected chi connectivity index (χ4v) is 2.85. The molecule has 0 amide bonds. The number of hydrogen-bond acceptors (Lipinski definition) is 1. The van der Waals surface area contributed by atoms with Crippen molar-refractivity contribution >= 4 is 33.4 Å². The van der Waals surface area contributed by atoms with Gasteiger partial charge in [0.15, 0.2) is 0 Å². The molecular formula is C17H11ClN2. The van der Waals surface area contributed by atoms with Gasteiger partial charge < -0.3 is 0 Å². The number of nitrogens with zero attached hydrogens (tertiary/aromatic N) is 2. The summed E-state index contributed by atoms with van der Waals surface area (Å²) in [6.07, 6.45) is 0. The van der Waals surface area contributed by atoms with Crippen molar-refractivity contribution in [2.45, 2.75) is 0 Å². The lowest BCUT2D eigenvalue weighted by Crippen LogP contribution is -1.96. The maximum absolute atomic E-state index is 6.04. The summed E-state index contributed by atoms with van der Waals surface area (Å²) in [4.78, 5) is 4.44. The van der Waals surface area contributed by atoms with Crippen LogP contribution in [0.15, 0.2) is 66.7 Å². The number of benzene rings is 2. The minimum Gasteiger partial charge on any atom is -0.294 e. The zero-order valence-corrected chi connectivity index (χ0v) is 11.4. The van der Waals surface area contributed by atoms with E-state index in [1.54, 1.807) is 6.07 Å². The molecule has 20 heavy (non-hydrogen) atoms. The maximum Gasteiger partial charge on any atom is 0.139 e. The number of halogens is 1. The van der Waals surface area contributed by atoms with Gasteiger partial charge in [-0.2, -0.15) is 0 Å². The molecule has 2 aromatic carbocycles. The zero-order valence-electron chi connectivity index (χ0n) is 10.6. The highest BCUT2D eigenvalue weighted by Gasteiger charge is 2.11. The van der Waals surface area contributed by atoms with E-state index >= 15 is 0 Å². The molecule has 0 N–H and O–H groups in total. The molecule has 0 aliphatic heterocycles. The van der Waals surface area contributed by atoms with Gasteiger partial charge in [-0.25, -0.2) is 4.98 Å². The van der Waals surface area contributed by atoms with E-state index in [9.17, 15) is 0 Å². The van der Waals surface area contributed by atoms with E-state index in [4.69, 9.17) is 11.6 Å². The molecule has 4 aromatic rings. The Balaban J connectivity index is 2.21. The molecule has 0 saturated heterocycles. The summed E-state index contributed by atoms with van der Waals surface area (Å²) in [5.41, 5.74) is 2.28. The van der Waals surface area contributed by atoms with Gasteiger partial charge in [-0.15, -0.1) is 0 Å². The molecule has 2 heterocycles. The van der Waals surface area contributed by atoms with Crippen LogP contribution in [0, 0.1) is 0 Å². The van der Waals surface area contributed by atoms with E-state index in [2.05, 4.69) is 45.9 Å². The van der Waals surface area contributed by atoms with Gasteiger partial charge in [0.05, 0.1) is 11.0 Å². The van der Waals surface area contributed by atoms with E-state index < -0.39 is 0 Å². The lowest BCUT2D eigenvalue weighted by molar-refractivity contribution is 1.08. The fourth-order valence-electron chi connectivity index (χ4n) is 2.69. The summed E-state index contributed by atoms with van der Waals surface area (Å²) < 4.78 is 2.15. The Morgan fingerprint density at radius 1 is 0.700 bits per heavy atom. The fraction of sp³-hybridized carbons (Fsp3) is 0. The Morgan fingerprint density at radius 2 is 1.30 bits per heavy atom. The van der Waals surface area contributed by atoms with Crippen LogP contribution in [-0.4, -0.2) is 9.55 Å². The summed E-state index contributed by atoms with van der Waals surface area (Å²) >= 11 is 6.04. The highest BCUT2D eigenvalue weighted by molar-refractivity contribution is 6.29. The highest BCUT2D eigenvalue weighted by atomic mass is 35.5. The first kappa shape index (κ1) is 11.5. The molecule has 3 heteroatoms. The monoisotopic (exact) mass is 278 g/mol. The van der Waals surface area contributed by atoms with E-state index in [-0.39, 0.29) is 0 Å². The summed E-state index contributed by atoms with van der Waals surface area (Å²) in [6, 6.07) is 22.4. The Kier molecular flexibility index (Phi) is 2.51.